The Hall–Kier alpha value is -1.66. The highest BCUT2D eigenvalue weighted by Gasteiger charge is 2.33. The van der Waals surface area contributed by atoms with Crippen molar-refractivity contribution < 1.29 is 8.42 Å². The van der Waals surface area contributed by atoms with E-state index in [0.717, 1.165) is 36.1 Å². The van der Waals surface area contributed by atoms with E-state index in [2.05, 4.69) is 5.10 Å². The Kier molecular flexibility index (Phi) is 3.35. The molecule has 5 nitrogen and oxygen atoms in total. The van der Waals surface area contributed by atoms with E-state index in [1.54, 1.807) is 10.4 Å². The van der Waals surface area contributed by atoms with Crippen LogP contribution in [0.25, 0.3) is 0 Å². The van der Waals surface area contributed by atoms with Crippen molar-refractivity contribution in [3.63, 3.8) is 0 Å². The average Bonchev–Trinajstić information content (AvgIpc) is 3.09. The van der Waals surface area contributed by atoms with Gasteiger partial charge in [-0.3, -0.25) is 4.68 Å². The summed E-state index contributed by atoms with van der Waals surface area (Å²) in [5.41, 5.74) is 5.33. The second kappa shape index (κ2) is 5.18. The number of rotatable bonds is 2. The summed E-state index contributed by atoms with van der Waals surface area (Å²) < 4.78 is 29.8. The molecule has 0 bridgehead atoms. The summed E-state index contributed by atoms with van der Waals surface area (Å²) in [6.45, 7) is 5.36. The fourth-order valence-corrected chi connectivity index (χ4v) is 5.36. The molecule has 1 aliphatic heterocycles. The van der Waals surface area contributed by atoms with Crippen LogP contribution in [0.4, 0.5) is 0 Å². The van der Waals surface area contributed by atoms with E-state index in [1.165, 1.54) is 11.3 Å². The first-order chi connectivity index (χ1) is 11.0. The highest BCUT2D eigenvalue weighted by atomic mass is 32.2. The number of aryl methyl sites for hydroxylation is 3. The van der Waals surface area contributed by atoms with Gasteiger partial charge in [-0.25, -0.2) is 8.42 Å². The molecule has 1 aromatic heterocycles. The topological polar surface area (TPSA) is 55.2 Å². The van der Waals surface area contributed by atoms with E-state index >= 15 is 0 Å². The van der Waals surface area contributed by atoms with Crippen molar-refractivity contribution >= 4 is 10.0 Å². The lowest BCUT2D eigenvalue weighted by Crippen LogP contribution is -2.39. The monoisotopic (exact) mass is 331 g/mol. The zero-order chi connectivity index (χ0) is 16.2. The largest absolute Gasteiger partial charge is 0.266 e. The highest BCUT2D eigenvalue weighted by molar-refractivity contribution is 7.89. The molecule has 6 heteroatoms. The summed E-state index contributed by atoms with van der Waals surface area (Å²) in [6.07, 6.45) is 3.19. The molecule has 23 heavy (non-hydrogen) atoms. The maximum atomic E-state index is 13.1. The Labute approximate surface area is 137 Å². The predicted octanol–water partition coefficient (Wildman–Crippen LogP) is 2.19. The number of fused-ring (bicyclic) bond motifs is 3. The van der Waals surface area contributed by atoms with Crippen LogP contribution in [0.5, 0.6) is 0 Å². The fourth-order valence-electron chi connectivity index (χ4n) is 3.65. The molecule has 2 heterocycles. The van der Waals surface area contributed by atoms with Gasteiger partial charge in [-0.15, -0.1) is 0 Å². The van der Waals surface area contributed by atoms with Gasteiger partial charge in [0, 0.05) is 6.54 Å². The van der Waals surface area contributed by atoms with Crippen molar-refractivity contribution in [2.45, 2.75) is 51.1 Å². The van der Waals surface area contributed by atoms with Gasteiger partial charge in [0.15, 0.2) is 0 Å². The molecule has 0 spiro atoms. The Morgan fingerprint density at radius 1 is 1.13 bits per heavy atom. The van der Waals surface area contributed by atoms with E-state index in [4.69, 9.17) is 0 Å². The molecule has 0 saturated carbocycles. The first-order valence-corrected chi connectivity index (χ1v) is 9.55. The number of hydrogen-bond acceptors (Lipinski definition) is 3. The first-order valence-electron chi connectivity index (χ1n) is 8.11. The summed E-state index contributed by atoms with van der Waals surface area (Å²) in [4.78, 5) is 0.433. The van der Waals surface area contributed by atoms with Crippen LogP contribution in [0.1, 0.15) is 34.5 Å². The second-order valence-electron chi connectivity index (χ2n) is 6.56. The summed E-state index contributed by atoms with van der Waals surface area (Å²) in [5.74, 6) is 0. The normalized spacial score (nSPS) is 18.0. The second-order valence-corrected chi connectivity index (χ2v) is 8.46. The third-order valence-corrected chi connectivity index (χ3v) is 6.93. The fraction of sp³-hybridized carbons (Fsp3) is 0.471. The van der Waals surface area contributed by atoms with Crippen LogP contribution in [0, 0.1) is 13.8 Å². The molecule has 0 unspecified atom stereocenters. The lowest BCUT2D eigenvalue weighted by molar-refractivity contribution is 0.324. The van der Waals surface area contributed by atoms with Crippen molar-refractivity contribution in [1.82, 2.24) is 14.1 Å². The molecular formula is C17H21N3O2S. The van der Waals surface area contributed by atoms with Gasteiger partial charge in [0.2, 0.25) is 10.0 Å². The smallest absolute Gasteiger partial charge is 0.243 e. The van der Waals surface area contributed by atoms with Crippen molar-refractivity contribution in [1.29, 1.82) is 0 Å². The number of hydrogen-bond donors (Lipinski definition) is 0. The molecule has 1 aromatic carbocycles. The van der Waals surface area contributed by atoms with Gasteiger partial charge in [0.25, 0.3) is 0 Å². The van der Waals surface area contributed by atoms with Gasteiger partial charge in [-0.05, 0) is 55.9 Å². The molecule has 1 aliphatic carbocycles. The quantitative estimate of drug-likeness (QED) is 0.848. The first kappa shape index (κ1) is 14.9. The minimum absolute atomic E-state index is 0.433. The number of sulfonamides is 1. The van der Waals surface area contributed by atoms with Gasteiger partial charge in [-0.2, -0.15) is 9.40 Å². The molecule has 0 N–H and O–H groups in total. The van der Waals surface area contributed by atoms with Crippen LogP contribution in [0.2, 0.25) is 0 Å². The molecule has 0 atom stereocenters. The molecule has 122 valence electrons. The van der Waals surface area contributed by atoms with Gasteiger partial charge < -0.3 is 0 Å². The molecule has 2 aromatic rings. The van der Waals surface area contributed by atoms with Crippen molar-refractivity contribution in [2.75, 3.05) is 6.54 Å². The zero-order valence-electron chi connectivity index (χ0n) is 13.5. The van der Waals surface area contributed by atoms with Crippen LogP contribution >= 0.6 is 0 Å². The Bertz CT molecular complexity index is 883. The van der Waals surface area contributed by atoms with Crippen molar-refractivity contribution in [3.05, 3.63) is 46.3 Å². The third-order valence-electron chi connectivity index (χ3n) is 4.94. The molecule has 0 amide bonds. The number of nitrogens with zero attached hydrogens (tertiary/aromatic N) is 3. The predicted molar refractivity (Wildman–Crippen MR) is 87.8 cm³/mol. The molecule has 0 saturated heterocycles. The molecule has 0 fully saturated rings. The molecular weight excluding hydrogens is 310 g/mol. The summed E-state index contributed by atoms with van der Waals surface area (Å²) in [6, 6.07) is 5.61. The Morgan fingerprint density at radius 3 is 2.78 bits per heavy atom. The lowest BCUT2D eigenvalue weighted by Gasteiger charge is -2.28. The molecule has 0 radical (unpaired) electrons. The van der Waals surface area contributed by atoms with Crippen molar-refractivity contribution in [3.8, 4) is 0 Å². The molecule has 2 aliphatic rings. The van der Waals surface area contributed by atoms with Crippen LogP contribution in [0.3, 0.4) is 0 Å². The van der Waals surface area contributed by atoms with Gasteiger partial charge in [0.1, 0.15) is 0 Å². The Morgan fingerprint density at radius 2 is 1.96 bits per heavy atom. The Balaban J connectivity index is 1.72. The summed E-state index contributed by atoms with van der Waals surface area (Å²) in [5, 5.41) is 4.65. The maximum Gasteiger partial charge on any atom is 0.243 e. The van der Waals surface area contributed by atoms with Gasteiger partial charge in [0.05, 0.1) is 29.4 Å². The van der Waals surface area contributed by atoms with Gasteiger partial charge >= 0.3 is 0 Å². The molecule has 4 rings (SSSR count). The minimum Gasteiger partial charge on any atom is -0.266 e. The van der Waals surface area contributed by atoms with E-state index in [0.29, 0.717) is 24.5 Å². The van der Waals surface area contributed by atoms with Crippen molar-refractivity contribution in [2.24, 2.45) is 0 Å². The highest BCUT2D eigenvalue weighted by Crippen LogP contribution is 2.30. The zero-order valence-corrected chi connectivity index (χ0v) is 14.4. The number of benzene rings is 1. The van der Waals surface area contributed by atoms with E-state index in [9.17, 15) is 8.42 Å². The van der Waals surface area contributed by atoms with Crippen LogP contribution in [-0.4, -0.2) is 29.0 Å². The van der Waals surface area contributed by atoms with Gasteiger partial charge in [-0.1, -0.05) is 12.1 Å². The number of aromatic nitrogens is 2. The van der Waals surface area contributed by atoms with Crippen LogP contribution < -0.4 is 0 Å². The standard InChI is InChI=1S/C17H21N3O2S/c1-12-6-7-13(2)17(10-12)23(21,22)19-8-9-20-16(11-19)14-4-3-5-15(14)18-20/h6-7,10H,3-5,8-9,11H2,1-2H3. The minimum atomic E-state index is -3.46. The van der Waals surface area contributed by atoms with Crippen LogP contribution in [-0.2, 0) is 36.0 Å². The third kappa shape index (κ3) is 2.32. The SMILES string of the molecule is Cc1ccc(C)c(S(=O)(=O)N2CCn3nc4c(c3C2)CCC4)c1. The van der Waals surface area contributed by atoms with Crippen LogP contribution in [0.15, 0.2) is 23.1 Å². The summed E-state index contributed by atoms with van der Waals surface area (Å²) in [7, 11) is -3.46. The average molecular weight is 331 g/mol. The maximum absolute atomic E-state index is 13.1. The lowest BCUT2D eigenvalue weighted by atomic mass is 10.2. The van der Waals surface area contributed by atoms with E-state index < -0.39 is 10.0 Å². The van der Waals surface area contributed by atoms with E-state index in [-0.39, 0.29) is 0 Å². The van der Waals surface area contributed by atoms with E-state index in [1.807, 2.05) is 30.7 Å². The summed E-state index contributed by atoms with van der Waals surface area (Å²) >= 11 is 0.